The lowest BCUT2D eigenvalue weighted by atomic mass is 10.1. The first-order valence-electron chi connectivity index (χ1n) is 6.06. The third-order valence-electron chi connectivity index (χ3n) is 2.88. The first kappa shape index (κ1) is 12.3. The van der Waals surface area contributed by atoms with E-state index in [2.05, 4.69) is 20.1 Å². The Hall–Kier alpha value is -2.76. The zero-order chi connectivity index (χ0) is 14.1. The van der Waals surface area contributed by atoms with Crippen LogP contribution in [-0.2, 0) is 0 Å². The molecule has 0 aliphatic heterocycles. The molecule has 6 heteroatoms. The third-order valence-corrected chi connectivity index (χ3v) is 2.88. The molecule has 0 fully saturated rings. The van der Waals surface area contributed by atoms with Crippen molar-refractivity contribution in [1.82, 2.24) is 20.1 Å². The fourth-order valence-electron chi connectivity index (χ4n) is 1.95. The van der Waals surface area contributed by atoms with E-state index in [9.17, 15) is 5.11 Å². The van der Waals surface area contributed by atoms with Crippen LogP contribution < -0.4 is 0 Å². The van der Waals surface area contributed by atoms with Gasteiger partial charge in [-0.15, -0.1) is 0 Å². The van der Waals surface area contributed by atoms with Crippen LogP contribution in [0.5, 0.6) is 5.75 Å². The van der Waals surface area contributed by atoms with Gasteiger partial charge < -0.3 is 9.63 Å². The maximum Gasteiger partial charge on any atom is 0.262 e. The largest absolute Gasteiger partial charge is 0.505 e. The van der Waals surface area contributed by atoms with E-state index in [1.807, 2.05) is 19.9 Å². The van der Waals surface area contributed by atoms with E-state index in [0.717, 1.165) is 11.1 Å². The fourth-order valence-corrected chi connectivity index (χ4v) is 1.95. The summed E-state index contributed by atoms with van der Waals surface area (Å²) in [6.07, 6.45) is 4.63. The average Bonchev–Trinajstić information content (AvgIpc) is 2.88. The van der Waals surface area contributed by atoms with Crippen LogP contribution in [0.25, 0.3) is 23.0 Å². The quantitative estimate of drug-likeness (QED) is 0.768. The second kappa shape index (κ2) is 4.73. The van der Waals surface area contributed by atoms with E-state index < -0.39 is 0 Å². The molecule has 0 aliphatic carbocycles. The Morgan fingerprint density at radius 3 is 2.80 bits per heavy atom. The van der Waals surface area contributed by atoms with Gasteiger partial charge in [-0.2, -0.15) is 4.98 Å². The van der Waals surface area contributed by atoms with E-state index in [-0.39, 0.29) is 11.6 Å². The summed E-state index contributed by atoms with van der Waals surface area (Å²) in [6, 6.07) is 3.62. The zero-order valence-corrected chi connectivity index (χ0v) is 11.0. The molecule has 6 nitrogen and oxygen atoms in total. The Kier molecular flexibility index (Phi) is 2.90. The Balaban J connectivity index is 2.04. The minimum Gasteiger partial charge on any atom is -0.505 e. The second-order valence-corrected chi connectivity index (χ2v) is 4.49. The summed E-state index contributed by atoms with van der Waals surface area (Å²) in [5.41, 5.74) is 3.15. The predicted molar refractivity (Wildman–Crippen MR) is 71.9 cm³/mol. The molecule has 3 aromatic heterocycles. The SMILES string of the molecule is Cc1cnc(-c2noc(-c3ccncc3O)n2)c(C)c1. The monoisotopic (exact) mass is 268 g/mol. The van der Waals surface area contributed by atoms with E-state index in [4.69, 9.17) is 4.52 Å². The number of pyridine rings is 2. The molecular weight excluding hydrogens is 256 g/mol. The number of hydrogen-bond acceptors (Lipinski definition) is 6. The smallest absolute Gasteiger partial charge is 0.262 e. The van der Waals surface area contributed by atoms with Gasteiger partial charge in [0, 0.05) is 12.4 Å². The molecule has 0 saturated heterocycles. The van der Waals surface area contributed by atoms with E-state index in [1.54, 1.807) is 18.5 Å². The molecule has 0 unspecified atom stereocenters. The highest BCUT2D eigenvalue weighted by molar-refractivity contribution is 5.63. The van der Waals surface area contributed by atoms with Crippen molar-refractivity contribution < 1.29 is 9.63 Å². The summed E-state index contributed by atoms with van der Waals surface area (Å²) in [6.45, 7) is 3.91. The van der Waals surface area contributed by atoms with Crippen molar-refractivity contribution in [3.63, 3.8) is 0 Å². The molecule has 0 bridgehead atoms. The van der Waals surface area contributed by atoms with Crippen molar-refractivity contribution in [2.45, 2.75) is 13.8 Å². The molecule has 0 atom stereocenters. The van der Waals surface area contributed by atoms with Crippen molar-refractivity contribution in [3.05, 3.63) is 41.9 Å². The molecular formula is C14H12N4O2. The fraction of sp³-hybridized carbons (Fsp3) is 0.143. The van der Waals surface area contributed by atoms with E-state index in [0.29, 0.717) is 17.1 Å². The van der Waals surface area contributed by atoms with Crippen LogP contribution in [0.3, 0.4) is 0 Å². The highest BCUT2D eigenvalue weighted by Crippen LogP contribution is 2.28. The van der Waals surface area contributed by atoms with Gasteiger partial charge in [0.15, 0.2) is 0 Å². The van der Waals surface area contributed by atoms with Crippen LogP contribution in [0.2, 0.25) is 0 Å². The Labute approximate surface area is 115 Å². The van der Waals surface area contributed by atoms with Gasteiger partial charge in [0.05, 0.1) is 11.8 Å². The summed E-state index contributed by atoms with van der Waals surface area (Å²) in [7, 11) is 0. The topological polar surface area (TPSA) is 84.9 Å². The number of aromatic nitrogens is 4. The molecule has 0 aliphatic rings. The van der Waals surface area contributed by atoms with Gasteiger partial charge in [-0.25, -0.2) is 0 Å². The van der Waals surface area contributed by atoms with Crippen LogP contribution in [0.4, 0.5) is 0 Å². The minimum absolute atomic E-state index is 0.00344. The molecule has 1 N–H and O–H groups in total. The van der Waals surface area contributed by atoms with Crippen molar-refractivity contribution >= 4 is 0 Å². The third kappa shape index (κ3) is 2.11. The normalized spacial score (nSPS) is 10.7. The van der Waals surface area contributed by atoms with E-state index in [1.165, 1.54) is 6.20 Å². The Bertz CT molecular complexity index is 767. The number of aryl methyl sites for hydroxylation is 2. The number of hydrogen-bond donors (Lipinski definition) is 1. The van der Waals surface area contributed by atoms with Crippen molar-refractivity contribution in [3.8, 4) is 28.7 Å². The van der Waals surface area contributed by atoms with E-state index >= 15 is 0 Å². The van der Waals surface area contributed by atoms with Gasteiger partial charge in [0.25, 0.3) is 5.89 Å². The number of rotatable bonds is 2. The lowest BCUT2D eigenvalue weighted by Crippen LogP contribution is -1.91. The van der Waals surface area contributed by atoms with Crippen LogP contribution >= 0.6 is 0 Å². The highest BCUT2D eigenvalue weighted by atomic mass is 16.5. The summed E-state index contributed by atoms with van der Waals surface area (Å²) >= 11 is 0. The molecule has 3 heterocycles. The molecule has 0 radical (unpaired) electrons. The minimum atomic E-state index is -0.00344. The summed E-state index contributed by atoms with van der Waals surface area (Å²) in [4.78, 5) is 12.4. The second-order valence-electron chi connectivity index (χ2n) is 4.49. The molecule has 100 valence electrons. The standard InChI is InChI=1S/C14H12N4O2/c1-8-5-9(2)12(16-6-8)13-17-14(20-18-13)10-3-4-15-7-11(10)19/h3-7,19H,1-2H3. The van der Waals surface area contributed by atoms with Crippen molar-refractivity contribution in [2.24, 2.45) is 0 Å². The Morgan fingerprint density at radius 1 is 1.20 bits per heavy atom. The molecule has 0 saturated carbocycles. The zero-order valence-electron chi connectivity index (χ0n) is 11.0. The lowest BCUT2D eigenvalue weighted by molar-refractivity contribution is 0.425. The first-order chi connectivity index (χ1) is 9.65. The number of aromatic hydroxyl groups is 1. The van der Waals surface area contributed by atoms with Crippen LogP contribution in [0.1, 0.15) is 11.1 Å². The first-order valence-corrected chi connectivity index (χ1v) is 6.06. The number of nitrogens with zero attached hydrogens (tertiary/aromatic N) is 4. The van der Waals surface area contributed by atoms with Gasteiger partial charge in [0.1, 0.15) is 11.4 Å². The van der Waals surface area contributed by atoms with Crippen molar-refractivity contribution in [1.29, 1.82) is 0 Å². The maximum absolute atomic E-state index is 9.73. The molecule has 3 rings (SSSR count). The van der Waals surface area contributed by atoms with Gasteiger partial charge >= 0.3 is 0 Å². The molecule has 0 aromatic carbocycles. The van der Waals surface area contributed by atoms with Gasteiger partial charge in [-0.05, 0) is 31.0 Å². The van der Waals surface area contributed by atoms with Crippen molar-refractivity contribution in [2.75, 3.05) is 0 Å². The highest BCUT2D eigenvalue weighted by Gasteiger charge is 2.15. The predicted octanol–water partition coefficient (Wildman–Crippen LogP) is 2.52. The Morgan fingerprint density at radius 2 is 2.05 bits per heavy atom. The summed E-state index contributed by atoms with van der Waals surface area (Å²) < 4.78 is 5.18. The summed E-state index contributed by atoms with van der Waals surface area (Å²) in [5.74, 6) is 0.631. The molecule has 3 aromatic rings. The molecule has 20 heavy (non-hydrogen) atoms. The van der Waals surface area contributed by atoms with Crippen LogP contribution in [0, 0.1) is 13.8 Å². The molecule has 0 amide bonds. The van der Waals surface area contributed by atoms with Gasteiger partial charge in [0.2, 0.25) is 5.82 Å². The van der Waals surface area contributed by atoms with Gasteiger partial charge in [-0.3, -0.25) is 9.97 Å². The lowest BCUT2D eigenvalue weighted by Gasteiger charge is -2.00. The molecule has 0 spiro atoms. The maximum atomic E-state index is 9.73. The average molecular weight is 268 g/mol. The van der Waals surface area contributed by atoms with Crippen LogP contribution in [0.15, 0.2) is 35.2 Å². The van der Waals surface area contributed by atoms with Crippen LogP contribution in [-0.4, -0.2) is 25.2 Å². The summed E-state index contributed by atoms with van der Waals surface area (Å²) in [5, 5.41) is 13.6. The van der Waals surface area contributed by atoms with Gasteiger partial charge in [-0.1, -0.05) is 11.2 Å².